The van der Waals surface area contributed by atoms with Gasteiger partial charge < -0.3 is 14.0 Å². The fourth-order valence-corrected chi connectivity index (χ4v) is 2.29. The predicted octanol–water partition coefficient (Wildman–Crippen LogP) is 2.21. The van der Waals surface area contributed by atoms with Crippen molar-refractivity contribution in [1.29, 1.82) is 0 Å². The molecule has 0 aliphatic carbocycles. The third kappa shape index (κ3) is 2.53. The summed E-state index contributed by atoms with van der Waals surface area (Å²) in [6.45, 7) is -0.0922. The quantitative estimate of drug-likeness (QED) is 0.847. The lowest BCUT2D eigenvalue weighted by molar-refractivity contribution is -0.283. The van der Waals surface area contributed by atoms with Crippen LogP contribution in [-0.4, -0.2) is 40.0 Å². The second kappa shape index (κ2) is 5.11. The summed E-state index contributed by atoms with van der Waals surface area (Å²) in [7, 11) is 0. The molecule has 2 aromatic heterocycles. The minimum atomic E-state index is -4.57. The van der Waals surface area contributed by atoms with E-state index in [0.29, 0.717) is 5.56 Å². The monoisotopic (exact) mass is 307 g/mol. The van der Waals surface area contributed by atoms with Gasteiger partial charge in [0.05, 0.1) is 25.0 Å². The topological polar surface area (TPSA) is 70.3 Å². The summed E-state index contributed by atoms with van der Waals surface area (Å²) in [4.78, 5) is 3.92. The summed E-state index contributed by atoms with van der Waals surface area (Å²) in [5, 5.41) is 5.29. The van der Waals surface area contributed by atoms with Crippen LogP contribution in [0.2, 0.25) is 0 Å². The highest BCUT2D eigenvalue weighted by Gasteiger charge is 2.50. The van der Waals surface area contributed by atoms with E-state index in [2.05, 4.69) is 14.5 Å². The van der Waals surface area contributed by atoms with Crippen molar-refractivity contribution in [2.24, 2.45) is 0 Å². The Morgan fingerprint density at radius 3 is 2.75 bits per heavy atom. The van der Waals surface area contributed by atoms with Crippen LogP contribution >= 0.6 is 11.5 Å². The fraction of sp³-hybridized carbons (Fsp3) is 0.500. The zero-order valence-electron chi connectivity index (χ0n) is 9.83. The molecule has 108 valence electrons. The van der Waals surface area contributed by atoms with Gasteiger partial charge in [0.2, 0.25) is 5.82 Å². The van der Waals surface area contributed by atoms with Gasteiger partial charge in [-0.1, -0.05) is 5.16 Å². The maximum Gasteiger partial charge on any atom is 0.417 e. The van der Waals surface area contributed by atoms with Gasteiger partial charge in [0, 0.05) is 5.38 Å². The third-order valence-electron chi connectivity index (χ3n) is 2.65. The molecule has 3 heterocycles. The summed E-state index contributed by atoms with van der Waals surface area (Å²) in [5.41, 5.74) is 0.574. The second-order valence-electron chi connectivity index (χ2n) is 3.99. The van der Waals surface area contributed by atoms with Gasteiger partial charge in [0.15, 0.2) is 12.2 Å². The van der Waals surface area contributed by atoms with E-state index in [-0.39, 0.29) is 24.9 Å². The summed E-state index contributed by atoms with van der Waals surface area (Å²) in [6.07, 6.45) is -6.62. The van der Waals surface area contributed by atoms with Crippen LogP contribution in [0.5, 0.6) is 0 Å². The summed E-state index contributed by atoms with van der Waals surface area (Å²) in [5.74, 6) is -0.0860. The first kappa shape index (κ1) is 13.5. The van der Waals surface area contributed by atoms with E-state index < -0.39 is 18.4 Å². The van der Waals surface area contributed by atoms with Gasteiger partial charge in [0.25, 0.3) is 5.89 Å². The minimum absolute atomic E-state index is 0.0367. The van der Waals surface area contributed by atoms with Crippen molar-refractivity contribution in [3.05, 3.63) is 17.5 Å². The van der Waals surface area contributed by atoms with Crippen LogP contribution in [0.25, 0.3) is 11.4 Å². The molecule has 3 rings (SSSR count). The lowest BCUT2D eigenvalue weighted by Crippen LogP contribution is -2.43. The van der Waals surface area contributed by atoms with Crippen molar-refractivity contribution < 1.29 is 27.2 Å². The van der Waals surface area contributed by atoms with Gasteiger partial charge in [-0.3, -0.25) is 0 Å². The van der Waals surface area contributed by atoms with Crippen LogP contribution in [0.1, 0.15) is 12.0 Å². The average molecular weight is 307 g/mol. The van der Waals surface area contributed by atoms with Crippen LogP contribution in [0.4, 0.5) is 13.2 Å². The number of nitrogens with zero attached hydrogens (tertiary/aromatic N) is 3. The molecule has 0 spiro atoms. The highest BCUT2D eigenvalue weighted by Crippen LogP contribution is 2.37. The van der Waals surface area contributed by atoms with E-state index in [1.54, 1.807) is 5.38 Å². The number of ether oxygens (including phenoxy) is 2. The summed E-state index contributed by atoms with van der Waals surface area (Å²) < 4.78 is 57.1. The standard InChI is InChI=1S/C10H8F3N3O3S/c11-10(12,13)7-6(17-1-2-18-7)9-15-8(16-19-9)5-3-14-20-4-5/h3-4,6-7H,1-2H2/t6-,7+/m0/s1. The molecular weight excluding hydrogens is 299 g/mol. The van der Waals surface area contributed by atoms with E-state index in [1.165, 1.54) is 17.7 Å². The predicted molar refractivity (Wildman–Crippen MR) is 59.9 cm³/mol. The average Bonchev–Trinajstić information content (AvgIpc) is 3.09. The molecule has 0 radical (unpaired) electrons. The molecule has 1 aliphatic heterocycles. The van der Waals surface area contributed by atoms with Gasteiger partial charge in [0.1, 0.15) is 0 Å². The van der Waals surface area contributed by atoms with Crippen molar-refractivity contribution in [1.82, 2.24) is 14.5 Å². The number of hydrogen-bond donors (Lipinski definition) is 0. The fourth-order valence-electron chi connectivity index (χ4n) is 1.78. The van der Waals surface area contributed by atoms with Gasteiger partial charge in [-0.2, -0.15) is 18.2 Å². The van der Waals surface area contributed by atoms with Crippen molar-refractivity contribution in [3.8, 4) is 11.4 Å². The first-order valence-corrected chi connectivity index (χ1v) is 6.42. The molecule has 0 aromatic carbocycles. The number of halogens is 3. The Bertz CT molecular complexity index is 572. The maximum absolute atomic E-state index is 12.9. The van der Waals surface area contributed by atoms with E-state index in [0.717, 1.165) is 0 Å². The molecule has 0 N–H and O–H groups in total. The van der Waals surface area contributed by atoms with Gasteiger partial charge >= 0.3 is 6.18 Å². The van der Waals surface area contributed by atoms with E-state index in [4.69, 9.17) is 14.0 Å². The van der Waals surface area contributed by atoms with E-state index >= 15 is 0 Å². The molecular formula is C10H8F3N3O3S. The zero-order valence-corrected chi connectivity index (χ0v) is 10.6. The number of alkyl halides is 3. The first-order chi connectivity index (χ1) is 9.55. The van der Waals surface area contributed by atoms with Crippen molar-refractivity contribution >= 4 is 11.5 Å². The summed E-state index contributed by atoms with van der Waals surface area (Å²) in [6, 6.07) is 0. The maximum atomic E-state index is 12.9. The van der Waals surface area contributed by atoms with Gasteiger partial charge in [-0.05, 0) is 11.5 Å². The largest absolute Gasteiger partial charge is 0.417 e. The van der Waals surface area contributed by atoms with E-state index in [9.17, 15) is 13.2 Å². The minimum Gasteiger partial charge on any atom is -0.363 e. The number of hydrogen-bond acceptors (Lipinski definition) is 7. The Morgan fingerprint density at radius 2 is 2.05 bits per heavy atom. The molecule has 0 unspecified atom stereocenters. The zero-order chi connectivity index (χ0) is 14.2. The van der Waals surface area contributed by atoms with Gasteiger partial charge in [-0.25, -0.2) is 4.37 Å². The van der Waals surface area contributed by atoms with Crippen molar-refractivity contribution in [3.63, 3.8) is 0 Å². The Balaban J connectivity index is 1.87. The molecule has 1 aliphatic rings. The SMILES string of the molecule is FC(F)(F)[C@@H]1OCCO[C@@H]1c1nc(-c2cnsc2)no1. The van der Waals surface area contributed by atoms with Crippen LogP contribution < -0.4 is 0 Å². The molecule has 10 heteroatoms. The van der Waals surface area contributed by atoms with Crippen molar-refractivity contribution in [2.45, 2.75) is 18.4 Å². The molecule has 1 saturated heterocycles. The number of rotatable bonds is 2. The smallest absolute Gasteiger partial charge is 0.363 e. The highest BCUT2D eigenvalue weighted by atomic mass is 32.1. The summed E-state index contributed by atoms with van der Waals surface area (Å²) >= 11 is 1.18. The highest BCUT2D eigenvalue weighted by molar-refractivity contribution is 7.03. The molecule has 20 heavy (non-hydrogen) atoms. The van der Waals surface area contributed by atoms with Crippen LogP contribution in [0, 0.1) is 0 Å². The Hall–Kier alpha value is -1.52. The second-order valence-corrected chi connectivity index (χ2v) is 4.65. The van der Waals surface area contributed by atoms with Gasteiger partial charge in [-0.15, -0.1) is 0 Å². The Kier molecular flexibility index (Phi) is 3.44. The van der Waals surface area contributed by atoms with Crippen LogP contribution in [0.15, 0.2) is 16.1 Å². The molecule has 1 fully saturated rings. The lowest BCUT2D eigenvalue weighted by atomic mass is 10.1. The lowest BCUT2D eigenvalue weighted by Gasteiger charge is -2.30. The normalized spacial score (nSPS) is 23.9. The van der Waals surface area contributed by atoms with Crippen LogP contribution in [-0.2, 0) is 9.47 Å². The molecule has 2 atom stereocenters. The molecule has 0 bridgehead atoms. The molecule has 2 aromatic rings. The number of aromatic nitrogens is 3. The molecule has 0 saturated carbocycles. The molecule has 6 nitrogen and oxygen atoms in total. The van der Waals surface area contributed by atoms with E-state index in [1.807, 2.05) is 0 Å². The Morgan fingerprint density at radius 1 is 1.25 bits per heavy atom. The van der Waals surface area contributed by atoms with Crippen molar-refractivity contribution in [2.75, 3.05) is 13.2 Å². The molecule has 0 amide bonds. The third-order valence-corrected chi connectivity index (χ3v) is 3.24. The Labute approximate surface area is 114 Å². The first-order valence-electron chi connectivity index (χ1n) is 5.59. The van der Waals surface area contributed by atoms with Crippen LogP contribution in [0.3, 0.4) is 0 Å².